The summed E-state index contributed by atoms with van der Waals surface area (Å²) in [7, 11) is 1.38. The first-order valence-electron chi connectivity index (χ1n) is 12.6. The molecule has 0 spiro atoms. The number of nitrogens with zero attached hydrogens (tertiary/aromatic N) is 15. The molecule has 6 aromatic rings. The van der Waals surface area contributed by atoms with Gasteiger partial charge in [0, 0.05) is 38.5 Å². The maximum absolute atomic E-state index is 12.8. The number of aromatic nitrogens is 15. The van der Waals surface area contributed by atoms with E-state index in [-0.39, 0.29) is 30.5 Å². The monoisotopic (exact) mass is 569 g/mol. The molecule has 2 atom stereocenters. The first-order valence-corrected chi connectivity index (χ1v) is 12.6. The summed E-state index contributed by atoms with van der Waals surface area (Å²) in [6.45, 7) is 1.70. The number of pyridine rings is 3. The Labute approximate surface area is 237 Å². The Bertz CT molecular complexity index is 1740. The molecule has 0 fully saturated rings. The Morgan fingerprint density at radius 2 is 1.52 bits per heavy atom. The molecule has 0 saturated heterocycles. The van der Waals surface area contributed by atoms with E-state index in [9.17, 15) is 5.11 Å². The fourth-order valence-corrected chi connectivity index (χ4v) is 4.57. The largest absolute Gasteiger partial charge is 0.364 e. The maximum atomic E-state index is 12.8. The van der Waals surface area contributed by atoms with Crippen LogP contribution >= 0.6 is 0 Å². The fraction of sp³-hybridized carbons (Fsp3) is 0.250. The van der Waals surface area contributed by atoms with Gasteiger partial charge < -0.3 is 14.6 Å². The lowest BCUT2D eigenvalue weighted by Crippen LogP contribution is -2.57. The van der Waals surface area contributed by atoms with Gasteiger partial charge in [-0.25, -0.2) is 4.98 Å². The summed E-state index contributed by atoms with van der Waals surface area (Å²) in [6, 6.07) is 12.1. The van der Waals surface area contributed by atoms with Gasteiger partial charge in [0.2, 0.25) is 5.82 Å². The van der Waals surface area contributed by atoms with Crippen molar-refractivity contribution in [2.24, 2.45) is 0 Å². The lowest BCUT2D eigenvalue weighted by atomic mass is 9.86. The van der Waals surface area contributed by atoms with Gasteiger partial charge in [-0.15, -0.1) is 15.3 Å². The molecule has 0 saturated carbocycles. The minimum atomic E-state index is -2.45. The summed E-state index contributed by atoms with van der Waals surface area (Å²) in [5.41, 5.74) is -0.927. The summed E-state index contributed by atoms with van der Waals surface area (Å²) in [5, 5.41) is 49.5. The van der Waals surface area contributed by atoms with E-state index in [0.29, 0.717) is 17.2 Å². The molecule has 0 aromatic carbocycles. The van der Waals surface area contributed by atoms with E-state index < -0.39 is 11.4 Å². The summed E-state index contributed by atoms with van der Waals surface area (Å²) < 4.78 is 16.4. The van der Waals surface area contributed by atoms with Crippen LogP contribution < -0.4 is 0 Å². The van der Waals surface area contributed by atoms with Gasteiger partial charge in [0.15, 0.2) is 23.1 Å². The van der Waals surface area contributed by atoms with E-state index in [1.54, 1.807) is 74.2 Å². The van der Waals surface area contributed by atoms with E-state index in [1.807, 2.05) is 0 Å². The highest BCUT2D eigenvalue weighted by atomic mass is 16.7. The maximum Gasteiger partial charge on any atom is 0.268 e. The van der Waals surface area contributed by atoms with Crippen molar-refractivity contribution in [3.63, 3.8) is 0 Å². The number of tetrazole rings is 3. The van der Waals surface area contributed by atoms with Crippen molar-refractivity contribution in [3.8, 4) is 17.2 Å². The van der Waals surface area contributed by atoms with Crippen LogP contribution in [0, 0.1) is 0 Å². The van der Waals surface area contributed by atoms with Gasteiger partial charge in [0.05, 0.1) is 24.0 Å². The van der Waals surface area contributed by atoms with Crippen molar-refractivity contribution in [2.75, 3.05) is 13.7 Å². The lowest BCUT2D eigenvalue weighted by molar-refractivity contribution is -0.330. The minimum Gasteiger partial charge on any atom is -0.364 e. The zero-order chi connectivity index (χ0) is 29.0. The van der Waals surface area contributed by atoms with Gasteiger partial charge in [-0.1, -0.05) is 6.07 Å². The molecule has 0 radical (unpaired) electrons. The molecular weight excluding hydrogens is 546 g/mol. The van der Waals surface area contributed by atoms with E-state index in [1.165, 1.54) is 27.4 Å². The van der Waals surface area contributed by atoms with Crippen LogP contribution in [0.1, 0.15) is 24.4 Å². The van der Waals surface area contributed by atoms with Gasteiger partial charge in [-0.3, -0.25) is 9.97 Å². The first-order chi connectivity index (χ1) is 20.6. The van der Waals surface area contributed by atoms with E-state index >= 15 is 0 Å². The molecule has 0 aliphatic rings. The summed E-state index contributed by atoms with van der Waals surface area (Å²) in [4.78, 5) is 12.6. The zero-order valence-electron chi connectivity index (χ0n) is 22.3. The Kier molecular flexibility index (Phi) is 7.13. The normalized spacial score (nSPS) is 14.4. The molecule has 18 nitrogen and oxygen atoms in total. The fourth-order valence-electron chi connectivity index (χ4n) is 4.57. The molecule has 212 valence electrons. The molecule has 42 heavy (non-hydrogen) atoms. The third-order valence-electron chi connectivity index (χ3n) is 6.46. The molecular formula is C24H23N15O3. The third-order valence-corrected chi connectivity index (χ3v) is 6.46. The third kappa shape index (κ3) is 4.44. The zero-order valence-corrected chi connectivity index (χ0v) is 22.3. The van der Waals surface area contributed by atoms with Crippen molar-refractivity contribution in [1.29, 1.82) is 0 Å². The second-order valence-corrected chi connectivity index (χ2v) is 8.73. The number of aliphatic hydroxyl groups is 1. The number of rotatable bonds is 11. The average molecular weight is 570 g/mol. The molecule has 0 amide bonds. The topological polar surface area (TPSA) is 208 Å². The SMILES string of the molecule is CCOC(O)(c1nnnn1-c1cccnc1)C(Cc1nnnn1-c1ccncc1)(OC)c1nnnn1-c1ccccn1. The van der Waals surface area contributed by atoms with Gasteiger partial charge >= 0.3 is 0 Å². The van der Waals surface area contributed by atoms with E-state index in [4.69, 9.17) is 9.47 Å². The number of ether oxygens (including phenoxy) is 2. The summed E-state index contributed by atoms with van der Waals surface area (Å²) in [5.74, 6) is -1.98. The van der Waals surface area contributed by atoms with Crippen LogP contribution in [-0.4, -0.2) is 94.4 Å². The van der Waals surface area contributed by atoms with Crippen LogP contribution in [0.3, 0.4) is 0 Å². The van der Waals surface area contributed by atoms with Crippen LogP contribution in [0.4, 0.5) is 0 Å². The number of methoxy groups -OCH3 is 1. The molecule has 6 rings (SSSR count). The Balaban J connectivity index is 1.61. The van der Waals surface area contributed by atoms with Crippen molar-refractivity contribution in [2.45, 2.75) is 24.7 Å². The van der Waals surface area contributed by atoms with Crippen LogP contribution in [0.25, 0.3) is 17.2 Å². The highest BCUT2D eigenvalue weighted by Gasteiger charge is 2.62. The number of hydrogen-bond donors (Lipinski definition) is 1. The van der Waals surface area contributed by atoms with Crippen molar-refractivity contribution in [3.05, 3.63) is 90.9 Å². The van der Waals surface area contributed by atoms with Crippen LogP contribution in [-0.2, 0) is 27.3 Å². The van der Waals surface area contributed by atoms with E-state index in [0.717, 1.165) is 0 Å². The van der Waals surface area contributed by atoms with E-state index in [2.05, 4.69) is 61.5 Å². The molecule has 6 heterocycles. The Morgan fingerprint density at radius 1 is 0.762 bits per heavy atom. The summed E-state index contributed by atoms with van der Waals surface area (Å²) in [6.07, 6.45) is 7.68. The molecule has 0 bridgehead atoms. The highest BCUT2D eigenvalue weighted by molar-refractivity contribution is 5.33. The van der Waals surface area contributed by atoms with Crippen molar-refractivity contribution in [1.82, 2.24) is 75.6 Å². The molecule has 18 heteroatoms. The van der Waals surface area contributed by atoms with Gasteiger partial charge in [0.1, 0.15) is 0 Å². The Morgan fingerprint density at radius 3 is 2.24 bits per heavy atom. The second kappa shape index (κ2) is 11.2. The molecule has 0 aliphatic heterocycles. The highest BCUT2D eigenvalue weighted by Crippen LogP contribution is 2.45. The quantitative estimate of drug-likeness (QED) is 0.200. The van der Waals surface area contributed by atoms with Crippen molar-refractivity contribution >= 4 is 0 Å². The molecule has 2 unspecified atom stereocenters. The lowest BCUT2D eigenvalue weighted by Gasteiger charge is -2.42. The summed E-state index contributed by atoms with van der Waals surface area (Å²) >= 11 is 0. The van der Waals surface area contributed by atoms with Gasteiger partial charge in [-0.05, 0) is 74.6 Å². The molecule has 6 aromatic heterocycles. The predicted octanol–water partition coefficient (Wildman–Crippen LogP) is -0.235. The smallest absolute Gasteiger partial charge is 0.268 e. The van der Waals surface area contributed by atoms with Crippen LogP contribution in [0.5, 0.6) is 0 Å². The van der Waals surface area contributed by atoms with Crippen LogP contribution in [0.2, 0.25) is 0 Å². The molecule has 1 N–H and O–H groups in total. The molecule has 0 aliphatic carbocycles. The second-order valence-electron chi connectivity index (χ2n) is 8.73. The minimum absolute atomic E-state index is 0.00194. The van der Waals surface area contributed by atoms with Gasteiger partial charge in [-0.2, -0.15) is 14.0 Å². The Hall–Kier alpha value is -5.46. The predicted molar refractivity (Wildman–Crippen MR) is 139 cm³/mol. The van der Waals surface area contributed by atoms with Crippen LogP contribution in [0.15, 0.2) is 73.4 Å². The number of hydrogen-bond acceptors (Lipinski definition) is 15. The van der Waals surface area contributed by atoms with Crippen molar-refractivity contribution < 1.29 is 14.6 Å². The van der Waals surface area contributed by atoms with Gasteiger partial charge in [0.25, 0.3) is 5.79 Å². The first kappa shape index (κ1) is 26.7. The standard InChI is InChI=1S/C24H23N15O3/c1-3-42-24(40,22-30-33-35-38(22)18-7-6-11-26-16-18)23(41-2,21-29-32-36-39(21)19-8-4-5-12-27-19)15-20-28-31-34-37(20)17-9-13-25-14-10-17/h4-14,16,40H,3,15H2,1-2H3. The average Bonchev–Trinajstić information content (AvgIpc) is 3.83.